The number of likely N-dealkylation sites (tertiary alicyclic amines) is 1. The highest BCUT2D eigenvalue weighted by Gasteiger charge is 2.28. The molecule has 3 rings (SSSR count). The topological polar surface area (TPSA) is 105 Å². The second-order valence-corrected chi connectivity index (χ2v) is 6.71. The summed E-state index contributed by atoms with van der Waals surface area (Å²) in [6.45, 7) is 3.05. The number of carbonyl (C=O) groups is 3. The Bertz CT molecular complexity index is 808. The highest BCUT2D eigenvalue weighted by Crippen LogP contribution is 2.16. The highest BCUT2D eigenvalue weighted by molar-refractivity contribution is 6.00. The van der Waals surface area contributed by atoms with Crippen LogP contribution < -0.4 is 10.6 Å². The zero-order valence-corrected chi connectivity index (χ0v) is 15.5. The molecule has 8 heteroatoms. The number of nitrogens with one attached hydrogen (secondary N) is 2. The second-order valence-electron chi connectivity index (χ2n) is 6.71. The average Bonchev–Trinajstić information content (AvgIpc) is 3.34. The zero-order valence-electron chi connectivity index (χ0n) is 15.5. The molecule has 8 nitrogen and oxygen atoms in total. The summed E-state index contributed by atoms with van der Waals surface area (Å²) < 4.78 is 5.46. The van der Waals surface area contributed by atoms with Gasteiger partial charge in [0.25, 0.3) is 5.89 Å². The summed E-state index contributed by atoms with van der Waals surface area (Å²) in [5.74, 6) is -0.916. The van der Waals surface area contributed by atoms with Crippen molar-refractivity contribution in [3.63, 3.8) is 0 Å². The van der Waals surface area contributed by atoms with Crippen LogP contribution >= 0.6 is 0 Å². The van der Waals surface area contributed by atoms with Crippen LogP contribution in [0.3, 0.4) is 0 Å². The van der Waals surface area contributed by atoms with Gasteiger partial charge in [-0.05, 0) is 38.9 Å². The standard InChI is InChI=1S/C19H24N4O4/c1-12(17(25)19-22-13-7-3-4-8-15(13)27-19)21-18(26)14(20-2)11-16(24)23-9-5-6-10-23/h3-4,7-8,12,14,20H,5-6,9-11H2,1-2H3,(H,21,26)/t12-,14-/m0/s1. The van der Waals surface area contributed by atoms with Crippen molar-refractivity contribution in [1.82, 2.24) is 20.5 Å². The van der Waals surface area contributed by atoms with Crippen molar-refractivity contribution in [3.8, 4) is 0 Å². The third-order valence-electron chi connectivity index (χ3n) is 4.76. The molecule has 0 bridgehead atoms. The zero-order chi connectivity index (χ0) is 19.4. The number of benzene rings is 1. The number of nitrogens with zero attached hydrogens (tertiary/aromatic N) is 2. The van der Waals surface area contributed by atoms with Gasteiger partial charge in [0.15, 0.2) is 5.58 Å². The number of oxazole rings is 1. The lowest BCUT2D eigenvalue weighted by Crippen LogP contribution is -2.50. The van der Waals surface area contributed by atoms with E-state index in [1.165, 1.54) is 0 Å². The Morgan fingerprint density at radius 2 is 1.93 bits per heavy atom. The van der Waals surface area contributed by atoms with E-state index < -0.39 is 23.8 Å². The fourth-order valence-electron chi connectivity index (χ4n) is 3.14. The van der Waals surface area contributed by atoms with Crippen molar-refractivity contribution in [2.24, 2.45) is 0 Å². The van der Waals surface area contributed by atoms with E-state index in [1.807, 2.05) is 0 Å². The van der Waals surface area contributed by atoms with Crippen molar-refractivity contribution < 1.29 is 18.8 Å². The van der Waals surface area contributed by atoms with Gasteiger partial charge < -0.3 is 20.0 Å². The number of hydrogen-bond donors (Lipinski definition) is 2. The molecule has 2 aromatic rings. The summed E-state index contributed by atoms with van der Waals surface area (Å²) in [6, 6.07) is 5.56. The van der Waals surface area contributed by atoms with Gasteiger partial charge in [-0.2, -0.15) is 0 Å². The molecule has 27 heavy (non-hydrogen) atoms. The average molecular weight is 372 g/mol. The fourth-order valence-corrected chi connectivity index (χ4v) is 3.14. The van der Waals surface area contributed by atoms with E-state index in [1.54, 1.807) is 43.1 Å². The lowest BCUT2D eigenvalue weighted by molar-refractivity contribution is -0.134. The molecular formula is C19H24N4O4. The molecule has 1 aromatic carbocycles. The molecule has 0 unspecified atom stereocenters. The summed E-state index contributed by atoms with van der Waals surface area (Å²) in [4.78, 5) is 43.2. The molecule has 2 atom stereocenters. The van der Waals surface area contributed by atoms with E-state index in [2.05, 4.69) is 15.6 Å². The number of Topliss-reactive ketones (excluding diaryl/α,β-unsaturated/α-hetero) is 1. The molecular weight excluding hydrogens is 348 g/mol. The highest BCUT2D eigenvalue weighted by atomic mass is 16.4. The third-order valence-corrected chi connectivity index (χ3v) is 4.76. The van der Waals surface area contributed by atoms with Crippen molar-refractivity contribution in [1.29, 1.82) is 0 Å². The van der Waals surface area contributed by atoms with Crippen LogP contribution in [0.15, 0.2) is 28.7 Å². The first-order valence-electron chi connectivity index (χ1n) is 9.15. The summed E-state index contributed by atoms with van der Waals surface area (Å²) in [7, 11) is 1.62. The van der Waals surface area contributed by atoms with E-state index in [0.29, 0.717) is 11.1 Å². The third kappa shape index (κ3) is 4.33. The van der Waals surface area contributed by atoms with Gasteiger partial charge in [-0.1, -0.05) is 12.1 Å². The molecule has 0 aliphatic carbocycles. The van der Waals surface area contributed by atoms with E-state index in [4.69, 9.17) is 4.42 Å². The maximum absolute atomic E-state index is 12.5. The molecule has 2 amide bonds. The number of amides is 2. The van der Waals surface area contributed by atoms with E-state index in [0.717, 1.165) is 25.9 Å². The molecule has 0 saturated carbocycles. The summed E-state index contributed by atoms with van der Waals surface area (Å²) in [5, 5.41) is 5.50. The number of para-hydroxylation sites is 2. The minimum Gasteiger partial charge on any atom is -0.434 e. The Balaban J connectivity index is 1.60. The molecule has 0 radical (unpaired) electrons. The predicted octanol–water partition coefficient (Wildman–Crippen LogP) is 1.12. The van der Waals surface area contributed by atoms with Gasteiger partial charge in [0.05, 0.1) is 18.5 Å². The Kier molecular flexibility index (Phi) is 5.85. The molecule has 1 aliphatic heterocycles. The number of hydrogen-bond acceptors (Lipinski definition) is 6. The first kappa shape index (κ1) is 19.0. The van der Waals surface area contributed by atoms with Crippen LogP contribution in [0.4, 0.5) is 0 Å². The van der Waals surface area contributed by atoms with Gasteiger partial charge in [-0.25, -0.2) is 4.98 Å². The SMILES string of the molecule is CN[C@@H](CC(=O)N1CCCC1)C(=O)N[C@@H](C)C(=O)c1nc2ccccc2o1. The first-order valence-corrected chi connectivity index (χ1v) is 9.15. The normalized spacial score (nSPS) is 16.3. The van der Waals surface area contributed by atoms with Crippen LogP contribution in [-0.2, 0) is 9.59 Å². The number of rotatable bonds is 7. The molecule has 1 fully saturated rings. The smallest absolute Gasteiger partial charge is 0.266 e. The van der Waals surface area contributed by atoms with Gasteiger partial charge in [-0.3, -0.25) is 14.4 Å². The summed E-state index contributed by atoms with van der Waals surface area (Å²) in [5.41, 5.74) is 1.10. The lowest BCUT2D eigenvalue weighted by Gasteiger charge is -2.21. The summed E-state index contributed by atoms with van der Waals surface area (Å²) in [6.07, 6.45) is 2.06. The molecule has 1 saturated heterocycles. The minimum atomic E-state index is -0.816. The number of aromatic nitrogens is 1. The maximum atomic E-state index is 12.5. The number of ketones is 1. The van der Waals surface area contributed by atoms with Gasteiger partial charge in [-0.15, -0.1) is 0 Å². The number of fused-ring (bicyclic) bond motifs is 1. The molecule has 2 N–H and O–H groups in total. The summed E-state index contributed by atoms with van der Waals surface area (Å²) >= 11 is 0. The van der Waals surface area contributed by atoms with Crippen LogP contribution in [0, 0.1) is 0 Å². The molecule has 1 aliphatic rings. The molecule has 1 aromatic heterocycles. The largest absolute Gasteiger partial charge is 0.434 e. The van der Waals surface area contributed by atoms with E-state index in [-0.39, 0.29) is 18.2 Å². The Labute approximate surface area is 157 Å². The minimum absolute atomic E-state index is 0.0434. The van der Waals surface area contributed by atoms with E-state index >= 15 is 0 Å². The Morgan fingerprint density at radius 3 is 2.59 bits per heavy atom. The quantitative estimate of drug-likeness (QED) is 0.706. The van der Waals surface area contributed by atoms with Crippen molar-refractivity contribution in [2.45, 2.75) is 38.3 Å². The van der Waals surface area contributed by atoms with Crippen LogP contribution in [0.25, 0.3) is 11.1 Å². The second kappa shape index (κ2) is 8.30. The van der Waals surface area contributed by atoms with Crippen LogP contribution in [0.1, 0.15) is 36.9 Å². The molecule has 2 heterocycles. The van der Waals surface area contributed by atoms with Crippen LogP contribution in [0.2, 0.25) is 0 Å². The van der Waals surface area contributed by atoms with Crippen LogP contribution in [0.5, 0.6) is 0 Å². The van der Waals surface area contributed by atoms with Gasteiger partial charge in [0.1, 0.15) is 5.52 Å². The number of likely N-dealkylation sites (N-methyl/N-ethyl adjacent to an activating group) is 1. The molecule has 144 valence electrons. The van der Waals surface area contributed by atoms with Crippen molar-refractivity contribution >= 4 is 28.7 Å². The van der Waals surface area contributed by atoms with Gasteiger partial charge in [0.2, 0.25) is 17.6 Å². The molecule has 0 spiro atoms. The fraction of sp³-hybridized carbons (Fsp3) is 0.474. The lowest BCUT2D eigenvalue weighted by atomic mass is 10.1. The Morgan fingerprint density at radius 1 is 1.22 bits per heavy atom. The van der Waals surface area contributed by atoms with Gasteiger partial charge in [0, 0.05) is 13.1 Å². The maximum Gasteiger partial charge on any atom is 0.266 e. The first-order chi connectivity index (χ1) is 13.0. The Hall–Kier alpha value is -2.74. The van der Waals surface area contributed by atoms with Gasteiger partial charge >= 0.3 is 0 Å². The van der Waals surface area contributed by atoms with E-state index in [9.17, 15) is 14.4 Å². The van der Waals surface area contributed by atoms with Crippen molar-refractivity contribution in [2.75, 3.05) is 20.1 Å². The number of carbonyl (C=O) groups excluding carboxylic acids is 3. The van der Waals surface area contributed by atoms with Crippen LogP contribution in [-0.4, -0.2) is 59.7 Å². The monoisotopic (exact) mass is 372 g/mol. The predicted molar refractivity (Wildman–Crippen MR) is 99.2 cm³/mol. The van der Waals surface area contributed by atoms with Crippen molar-refractivity contribution in [3.05, 3.63) is 30.2 Å².